The molecule has 0 atom stereocenters. The summed E-state index contributed by atoms with van der Waals surface area (Å²) in [5, 5.41) is 3.73. The van der Waals surface area contributed by atoms with Gasteiger partial charge in [-0.15, -0.1) is 0 Å². The second-order valence-corrected chi connectivity index (χ2v) is 9.55. The summed E-state index contributed by atoms with van der Waals surface area (Å²) in [4.78, 5) is 28.6. The van der Waals surface area contributed by atoms with E-state index in [-0.39, 0.29) is 28.5 Å². The Balaban J connectivity index is 1.63. The zero-order valence-corrected chi connectivity index (χ0v) is 18.3. The van der Waals surface area contributed by atoms with E-state index in [2.05, 4.69) is 5.16 Å². The number of nitrogens with zero attached hydrogens (tertiary/aromatic N) is 4. The van der Waals surface area contributed by atoms with Crippen LogP contribution in [-0.2, 0) is 10.0 Å². The molecule has 2 heterocycles. The van der Waals surface area contributed by atoms with E-state index in [0.717, 1.165) is 0 Å². The van der Waals surface area contributed by atoms with Crippen LogP contribution in [0.15, 0.2) is 39.8 Å². The number of aromatic nitrogens is 1. The first kappa shape index (κ1) is 22.0. The molecule has 0 spiro atoms. The molecule has 2 aromatic rings. The Labute approximate surface area is 176 Å². The number of rotatable bonds is 5. The fraction of sp³-hybridized carbons (Fsp3) is 0.450. The van der Waals surface area contributed by atoms with Crippen molar-refractivity contribution < 1.29 is 22.5 Å². The fourth-order valence-corrected chi connectivity index (χ4v) is 4.50. The zero-order chi connectivity index (χ0) is 22.1. The topological polar surface area (TPSA) is 104 Å². The van der Waals surface area contributed by atoms with Crippen LogP contribution >= 0.6 is 0 Å². The molecule has 0 unspecified atom stereocenters. The summed E-state index contributed by atoms with van der Waals surface area (Å²) in [6.45, 7) is 6.87. The van der Waals surface area contributed by atoms with Gasteiger partial charge in [-0.25, -0.2) is 8.42 Å². The molecule has 1 aliphatic rings. The number of carbonyl (C=O) groups is 2. The maximum atomic E-state index is 12.8. The molecule has 3 rings (SSSR count). The third kappa shape index (κ3) is 4.39. The summed E-state index contributed by atoms with van der Waals surface area (Å²) in [7, 11) is -2.07. The Morgan fingerprint density at radius 2 is 1.57 bits per heavy atom. The first-order valence-corrected chi connectivity index (χ1v) is 11.1. The molecule has 0 aliphatic carbocycles. The van der Waals surface area contributed by atoms with Crippen molar-refractivity contribution >= 4 is 21.8 Å². The number of hydrogen-bond acceptors (Lipinski definition) is 6. The summed E-state index contributed by atoms with van der Waals surface area (Å²) >= 11 is 0. The molecule has 1 aromatic carbocycles. The molecular weight excluding hydrogens is 408 g/mol. The second-order valence-electron chi connectivity index (χ2n) is 7.56. The average molecular weight is 435 g/mol. The number of sulfonamides is 1. The van der Waals surface area contributed by atoms with Crippen molar-refractivity contribution in [3.63, 3.8) is 0 Å². The zero-order valence-electron chi connectivity index (χ0n) is 17.5. The predicted octanol–water partition coefficient (Wildman–Crippen LogP) is 1.61. The third-order valence-corrected chi connectivity index (χ3v) is 7.25. The lowest BCUT2D eigenvalue weighted by atomic mass is 10.2. The molecule has 2 amide bonds. The van der Waals surface area contributed by atoms with E-state index < -0.39 is 10.0 Å². The van der Waals surface area contributed by atoms with Crippen LogP contribution in [0.2, 0.25) is 0 Å². The standard InChI is InChI=1S/C20H26N4O5S/c1-14(2)22(4)30(27,28)17-7-5-16(6-8-17)19(25)23-9-11-24(12-10-23)20(26)18-13-15(3)21-29-18/h5-8,13-14H,9-12H2,1-4H3. The quantitative estimate of drug-likeness (QED) is 0.708. The molecule has 0 saturated carbocycles. The predicted molar refractivity (Wildman–Crippen MR) is 110 cm³/mol. The highest BCUT2D eigenvalue weighted by Gasteiger charge is 2.28. The van der Waals surface area contributed by atoms with Crippen molar-refractivity contribution in [3.05, 3.63) is 47.3 Å². The molecule has 1 saturated heterocycles. The molecular formula is C20H26N4O5S. The molecule has 162 valence electrons. The van der Waals surface area contributed by atoms with Gasteiger partial charge in [0, 0.05) is 50.9 Å². The lowest BCUT2D eigenvalue weighted by Crippen LogP contribution is -2.50. The first-order chi connectivity index (χ1) is 14.1. The van der Waals surface area contributed by atoms with Gasteiger partial charge in [0.2, 0.25) is 15.8 Å². The molecule has 1 aromatic heterocycles. The Morgan fingerprint density at radius 3 is 2.03 bits per heavy atom. The van der Waals surface area contributed by atoms with Crippen LogP contribution in [0, 0.1) is 6.92 Å². The van der Waals surface area contributed by atoms with E-state index in [9.17, 15) is 18.0 Å². The van der Waals surface area contributed by atoms with E-state index in [1.54, 1.807) is 36.6 Å². The Bertz CT molecular complexity index is 1020. The first-order valence-electron chi connectivity index (χ1n) is 9.71. The fourth-order valence-electron chi connectivity index (χ4n) is 3.13. The van der Waals surface area contributed by atoms with E-state index in [1.807, 2.05) is 0 Å². The van der Waals surface area contributed by atoms with Gasteiger partial charge >= 0.3 is 0 Å². The van der Waals surface area contributed by atoms with E-state index in [0.29, 0.717) is 37.4 Å². The number of aryl methyl sites for hydroxylation is 1. The Kier molecular flexibility index (Phi) is 6.27. The Hall–Kier alpha value is -2.72. The number of amides is 2. The molecule has 0 radical (unpaired) electrons. The summed E-state index contributed by atoms with van der Waals surface area (Å²) in [6, 6.07) is 7.37. The van der Waals surface area contributed by atoms with Crippen LogP contribution in [-0.4, -0.2) is 78.8 Å². The van der Waals surface area contributed by atoms with Crippen LogP contribution < -0.4 is 0 Å². The van der Waals surface area contributed by atoms with Gasteiger partial charge < -0.3 is 14.3 Å². The van der Waals surface area contributed by atoms with Crippen molar-refractivity contribution in [1.82, 2.24) is 19.3 Å². The highest BCUT2D eigenvalue weighted by molar-refractivity contribution is 7.89. The highest BCUT2D eigenvalue weighted by Crippen LogP contribution is 2.19. The third-order valence-electron chi connectivity index (χ3n) is 5.20. The minimum Gasteiger partial charge on any atom is -0.351 e. The van der Waals surface area contributed by atoms with Gasteiger partial charge in [-0.05, 0) is 45.0 Å². The van der Waals surface area contributed by atoms with E-state index >= 15 is 0 Å². The van der Waals surface area contributed by atoms with Gasteiger partial charge in [-0.1, -0.05) is 5.16 Å². The molecule has 0 bridgehead atoms. The van der Waals surface area contributed by atoms with Crippen LogP contribution in [0.5, 0.6) is 0 Å². The summed E-state index contributed by atoms with van der Waals surface area (Å²) < 4.78 is 31.4. The number of piperazine rings is 1. The molecule has 9 nitrogen and oxygen atoms in total. The van der Waals surface area contributed by atoms with E-state index in [4.69, 9.17) is 4.52 Å². The van der Waals surface area contributed by atoms with Crippen LogP contribution in [0.1, 0.15) is 40.5 Å². The van der Waals surface area contributed by atoms with Crippen molar-refractivity contribution in [2.75, 3.05) is 33.2 Å². The van der Waals surface area contributed by atoms with Gasteiger partial charge in [0.25, 0.3) is 11.8 Å². The summed E-state index contributed by atoms with van der Waals surface area (Å²) in [5.41, 5.74) is 1.05. The highest BCUT2D eigenvalue weighted by atomic mass is 32.2. The number of benzene rings is 1. The maximum Gasteiger partial charge on any atom is 0.292 e. The Morgan fingerprint density at radius 1 is 1.03 bits per heavy atom. The summed E-state index contributed by atoms with van der Waals surface area (Å²) in [5.74, 6) is -0.249. The lowest BCUT2D eigenvalue weighted by Gasteiger charge is -2.34. The smallest absolute Gasteiger partial charge is 0.292 e. The number of carbonyl (C=O) groups excluding carboxylic acids is 2. The van der Waals surface area contributed by atoms with Crippen LogP contribution in [0.4, 0.5) is 0 Å². The van der Waals surface area contributed by atoms with Gasteiger partial charge in [-0.3, -0.25) is 9.59 Å². The van der Waals surface area contributed by atoms with Crippen molar-refractivity contribution in [2.45, 2.75) is 31.7 Å². The van der Waals surface area contributed by atoms with Gasteiger partial charge in [0.1, 0.15) is 0 Å². The monoisotopic (exact) mass is 434 g/mol. The molecule has 1 fully saturated rings. The normalized spacial score (nSPS) is 15.1. The largest absolute Gasteiger partial charge is 0.351 e. The molecule has 1 aliphatic heterocycles. The SMILES string of the molecule is Cc1cc(C(=O)N2CCN(C(=O)c3ccc(S(=O)(=O)N(C)C(C)C)cc3)CC2)on1. The van der Waals surface area contributed by atoms with Crippen LogP contribution in [0.25, 0.3) is 0 Å². The van der Waals surface area contributed by atoms with Gasteiger partial charge in [0.05, 0.1) is 10.6 Å². The number of hydrogen-bond donors (Lipinski definition) is 0. The molecule has 10 heteroatoms. The minimum absolute atomic E-state index is 0.146. The van der Waals surface area contributed by atoms with Gasteiger partial charge in [0.15, 0.2) is 0 Å². The second kappa shape index (κ2) is 8.57. The molecule has 30 heavy (non-hydrogen) atoms. The maximum absolute atomic E-state index is 12.8. The summed E-state index contributed by atoms with van der Waals surface area (Å²) in [6.07, 6.45) is 0. The van der Waals surface area contributed by atoms with Crippen molar-refractivity contribution in [2.24, 2.45) is 0 Å². The van der Waals surface area contributed by atoms with Crippen molar-refractivity contribution in [1.29, 1.82) is 0 Å². The van der Waals surface area contributed by atoms with Gasteiger partial charge in [-0.2, -0.15) is 4.31 Å². The average Bonchev–Trinajstić information content (AvgIpc) is 3.18. The van der Waals surface area contributed by atoms with Crippen LogP contribution in [0.3, 0.4) is 0 Å². The minimum atomic E-state index is -3.60. The van der Waals surface area contributed by atoms with Crippen molar-refractivity contribution in [3.8, 4) is 0 Å². The lowest BCUT2D eigenvalue weighted by molar-refractivity contribution is 0.0512. The molecule has 0 N–H and O–H groups in total. The van der Waals surface area contributed by atoms with E-state index in [1.165, 1.54) is 35.6 Å².